The second-order valence-corrected chi connectivity index (χ2v) is 7.68. The Labute approximate surface area is 173 Å². The van der Waals surface area contributed by atoms with Crippen molar-refractivity contribution < 1.29 is 5.11 Å². The van der Waals surface area contributed by atoms with Gasteiger partial charge in [0, 0.05) is 35.0 Å². The predicted molar refractivity (Wildman–Crippen MR) is 116 cm³/mol. The normalized spacial score (nSPS) is 12.0. The first-order valence-electron chi connectivity index (χ1n) is 9.21. The summed E-state index contributed by atoms with van der Waals surface area (Å²) >= 11 is 3.57. The minimum atomic E-state index is -0.125. The Kier molecular flexibility index (Phi) is 6.95. The quantitative estimate of drug-likeness (QED) is 0.482. The van der Waals surface area contributed by atoms with Crippen LogP contribution in [0.4, 0.5) is 11.8 Å². The van der Waals surface area contributed by atoms with E-state index in [0.717, 1.165) is 21.3 Å². The monoisotopic (exact) mass is 441 g/mol. The highest BCUT2D eigenvalue weighted by Gasteiger charge is 2.15. The molecule has 6 nitrogen and oxygen atoms in total. The number of aliphatic hydroxyl groups is 1. The van der Waals surface area contributed by atoms with Crippen LogP contribution in [-0.2, 0) is 6.54 Å². The van der Waals surface area contributed by atoms with Gasteiger partial charge in [0.1, 0.15) is 5.82 Å². The van der Waals surface area contributed by atoms with Crippen LogP contribution >= 0.6 is 15.9 Å². The maximum absolute atomic E-state index is 9.65. The van der Waals surface area contributed by atoms with Gasteiger partial charge in [-0.25, -0.2) is 4.98 Å². The highest BCUT2D eigenvalue weighted by molar-refractivity contribution is 9.10. The molecule has 0 radical (unpaired) electrons. The standard InChI is InChI=1S/C21H24BrN5O/c1-14(2)19(13-28)26-21-25-18(16-7-5-9-23-11-16)10-20(27-21)24-12-15-6-3-4-8-17(15)22/h3-11,14,19,28H,12-13H2,1-2H3,(H2,24,25,26,27)/t19-/m0/s1. The summed E-state index contributed by atoms with van der Waals surface area (Å²) in [7, 11) is 0. The van der Waals surface area contributed by atoms with Gasteiger partial charge in [0.05, 0.1) is 18.3 Å². The number of anilines is 2. The highest BCUT2D eigenvalue weighted by atomic mass is 79.9. The second kappa shape index (κ2) is 9.61. The third kappa shape index (κ3) is 5.27. The van der Waals surface area contributed by atoms with Crippen molar-refractivity contribution in [1.82, 2.24) is 15.0 Å². The lowest BCUT2D eigenvalue weighted by atomic mass is 10.1. The van der Waals surface area contributed by atoms with Crippen molar-refractivity contribution in [3.63, 3.8) is 0 Å². The third-order valence-electron chi connectivity index (χ3n) is 4.42. The molecule has 3 N–H and O–H groups in total. The van der Waals surface area contributed by atoms with Gasteiger partial charge in [-0.3, -0.25) is 4.98 Å². The first-order chi connectivity index (χ1) is 13.6. The van der Waals surface area contributed by atoms with Gasteiger partial charge >= 0.3 is 0 Å². The van der Waals surface area contributed by atoms with Crippen molar-refractivity contribution >= 4 is 27.7 Å². The number of aliphatic hydroxyl groups excluding tert-OH is 1. The SMILES string of the molecule is CC(C)[C@H](CO)Nc1nc(NCc2ccccc2Br)cc(-c2cccnc2)n1. The Hall–Kier alpha value is -2.51. The van der Waals surface area contributed by atoms with Gasteiger partial charge in [-0.05, 0) is 29.7 Å². The van der Waals surface area contributed by atoms with Crippen LogP contribution in [0.25, 0.3) is 11.3 Å². The van der Waals surface area contributed by atoms with Crippen LogP contribution in [0.3, 0.4) is 0 Å². The van der Waals surface area contributed by atoms with E-state index in [1.807, 2.05) is 50.2 Å². The molecule has 0 saturated carbocycles. The van der Waals surface area contributed by atoms with E-state index in [1.165, 1.54) is 0 Å². The molecule has 3 rings (SSSR count). The van der Waals surface area contributed by atoms with Crippen molar-refractivity contribution in [3.8, 4) is 11.3 Å². The molecule has 1 aromatic carbocycles. The van der Waals surface area contributed by atoms with Crippen molar-refractivity contribution in [2.24, 2.45) is 5.92 Å². The number of hydrogen-bond donors (Lipinski definition) is 3. The molecule has 0 bridgehead atoms. The zero-order valence-electron chi connectivity index (χ0n) is 15.9. The van der Waals surface area contributed by atoms with Gasteiger partial charge in [0.2, 0.25) is 5.95 Å². The fraction of sp³-hybridized carbons (Fsp3) is 0.286. The topological polar surface area (TPSA) is 83.0 Å². The van der Waals surface area contributed by atoms with Crippen LogP contribution in [0, 0.1) is 5.92 Å². The molecule has 0 fully saturated rings. The summed E-state index contributed by atoms with van der Waals surface area (Å²) in [6, 6.07) is 13.7. The Bertz CT molecular complexity index is 904. The summed E-state index contributed by atoms with van der Waals surface area (Å²) in [5.74, 6) is 1.42. The summed E-state index contributed by atoms with van der Waals surface area (Å²) in [5.41, 5.74) is 2.80. The maximum Gasteiger partial charge on any atom is 0.225 e. The molecule has 146 valence electrons. The number of pyridine rings is 1. The first kappa shape index (κ1) is 20.2. The number of halogens is 1. The minimum absolute atomic E-state index is 0.0118. The Morgan fingerprint density at radius 1 is 1.11 bits per heavy atom. The molecule has 0 saturated heterocycles. The van der Waals surface area contributed by atoms with Gasteiger partial charge in [0.15, 0.2) is 0 Å². The second-order valence-electron chi connectivity index (χ2n) is 6.83. The van der Waals surface area contributed by atoms with Gasteiger partial charge in [-0.1, -0.05) is 48.0 Å². The molecule has 1 atom stereocenters. The fourth-order valence-electron chi connectivity index (χ4n) is 2.68. The fourth-order valence-corrected chi connectivity index (χ4v) is 3.11. The van der Waals surface area contributed by atoms with Crippen LogP contribution < -0.4 is 10.6 Å². The zero-order valence-corrected chi connectivity index (χ0v) is 17.5. The number of hydrogen-bond acceptors (Lipinski definition) is 6. The lowest BCUT2D eigenvalue weighted by molar-refractivity contribution is 0.248. The van der Waals surface area contributed by atoms with Crippen molar-refractivity contribution in [3.05, 3.63) is 64.9 Å². The predicted octanol–water partition coefficient (Wildman–Crippen LogP) is 4.34. The molecule has 28 heavy (non-hydrogen) atoms. The summed E-state index contributed by atoms with van der Waals surface area (Å²) in [6.07, 6.45) is 3.51. The molecule has 0 amide bonds. The number of rotatable bonds is 8. The summed E-state index contributed by atoms with van der Waals surface area (Å²) in [5, 5.41) is 16.3. The molecular formula is C21H24BrN5O. The average Bonchev–Trinajstić information content (AvgIpc) is 2.71. The van der Waals surface area contributed by atoms with Crippen LogP contribution in [0.1, 0.15) is 19.4 Å². The van der Waals surface area contributed by atoms with E-state index in [9.17, 15) is 5.11 Å². The Balaban J connectivity index is 1.89. The van der Waals surface area contributed by atoms with Crippen LogP contribution in [-0.4, -0.2) is 32.7 Å². The summed E-state index contributed by atoms with van der Waals surface area (Å²) in [6.45, 7) is 4.73. The smallest absolute Gasteiger partial charge is 0.225 e. The zero-order chi connectivity index (χ0) is 19.9. The first-order valence-corrected chi connectivity index (χ1v) is 10.00. The molecule has 7 heteroatoms. The largest absolute Gasteiger partial charge is 0.394 e. The molecule has 0 aliphatic heterocycles. The van der Waals surface area contributed by atoms with E-state index in [0.29, 0.717) is 18.3 Å². The Morgan fingerprint density at radius 2 is 1.93 bits per heavy atom. The van der Waals surface area contributed by atoms with Crippen molar-refractivity contribution in [1.29, 1.82) is 0 Å². The van der Waals surface area contributed by atoms with Gasteiger partial charge in [-0.2, -0.15) is 4.98 Å². The number of aromatic nitrogens is 3. The van der Waals surface area contributed by atoms with E-state index >= 15 is 0 Å². The van der Waals surface area contributed by atoms with E-state index in [2.05, 4.69) is 47.6 Å². The summed E-state index contributed by atoms with van der Waals surface area (Å²) < 4.78 is 1.04. The lowest BCUT2D eigenvalue weighted by Gasteiger charge is -2.20. The molecule has 2 aromatic heterocycles. The minimum Gasteiger partial charge on any atom is -0.394 e. The van der Waals surface area contributed by atoms with Crippen molar-refractivity contribution in [2.45, 2.75) is 26.4 Å². The molecule has 0 aliphatic rings. The number of nitrogens with one attached hydrogen (secondary N) is 2. The van der Waals surface area contributed by atoms with E-state index in [4.69, 9.17) is 0 Å². The molecule has 0 spiro atoms. The van der Waals surface area contributed by atoms with E-state index in [-0.39, 0.29) is 18.6 Å². The van der Waals surface area contributed by atoms with Crippen LogP contribution in [0.5, 0.6) is 0 Å². The summed E-state index contributed by atoms with van der Waals surface area (Å²) in [4.78, 5) is 13.4. The third-order valence-corrected chi connectivity index (χ3v) is 5.19. The van der Waals surface area contributed by atoms with E-state index in [1.54, 1.807) is 12.4 Å². The average molecular weight is 442 g/mol. The molecule has 3 aromatic rings. The molecular weight excluding hydrogens is 418 g/mol. The van der Waals surface area contributed by atoms with Gasteiger partial charge in [-0.15, -0.1) is 0 Å². The lowest BCUT2D eigenvalue weighted by Crippen LogP contribution is -2.30. The highest BCUT2D eigenvalue weighted by Crippen LogP contribution is 2.23. The Morgan fingerprint density at radius 3 is 2.61 bits per heavy atom. The number of nitrogens with zero attached hydrogens (tertiary/aromatic N) is 3. The van der Waals surface area contributed by atoms with Crippen LogP contribution in [0.2, 0.25) is 0 Å². The maximum atomic E-state index is 9.65. The van der Waals surface area contributed by atoms with Gasteiger partial charge in [0.25, 0.3) is 0 Å². The molecule has 0 aliphatic carbocycles. The van der Waals surface area contributed by atoms with Crippen molar-refractivity contribution in [2.75, 3.05) is 17.2 Å². The van der Waals surface area contributed by atoms with E-state index < -0.39 is 0 Å². The molecule has 2 heterocycles. The van der Waals surface area contributed by atoms with Gasteiger partial charge < -0.3 is 15.7 Å². The number of benzene rings is 1. The molecule has 0 unspecified atom stereocenters. The van der Waals surface area contributed by atoms with Crippen LogP contribution in [0.15, 0.2) is 59.3 Å².